The first-order valence-electron chi connectivity index (χ1n) is 7.05. The van der Waals surface area contributed by atoms with Crippen LogP contribution in [0.1, 0.15) is 38.1 Å². The standard InChI is InChI=1S/C15H19N3O3/c1-4-15(2,19-3)14-17-13(21-18-14)12-9-16-10-7-5-6-8-11(10)20-12/h5-8,12,16H,4,9H2,1-3H3. The number of nitrogens with one attached hydrogen (secondary N) is 1. The fourth-order valence-corrected chi connectivity index (χ4v) is 2.23. The molecule has 0 amide bonds. The van der Waals surface area contributed by atoms with Gasteiger partial charge in [0.05, 0.1) is 12.2 Å². The molecule has 0 saturated heterocycles. The van der Waals surface area contributed by atoms with Gasteiger partial charge in [-0.25, -0.2) is 0 Å². The van der Waals surface area contributed by atoms with E-state index in [1.807, 2.05) is 38.1 Å². The van der Waals surface area contributed by atoms with Gasteiger partial charge in [0.15, 0.2) is 6.10 Å². The van der Waals surface area contributed by atoms with E-state index in [1.54, 1.807) is 7.11 Å². The number of aromatic nitrogens is 2. The molecule has 2 atom stereocenters. The van der Waals surface area contributed by atoms with Crippen LogP contribution in [0.4, 0.5) is 5.69 Å². The third kappa shape index (κ3) is 2.47. The minimum absolute atomic E-state index is 0.292. The van der Waals surface area contributed by atoms with E-state index in [2.05, 4.69) is 15.5 Å². The average Bonchev–Trinajstić information content (AvgIpc) is 3.04. The van der Waals surface area contributed by atoms with Crippen molar-refractivity contribution >= 4 is 5.69 Å². The summed E-state index contributed by atoms with van der Waals surface area (Å²) in [5.41, 5.74) is 0.436. The van der Waals surface area contributed by atoms with E-state index in [9.17, 15) is 0 Å². The number of fused-ring (bicyclic) bond motifs is 1. The summed E-state index contributed by atoms with van der Waals surface area (Å²) in [4.78, 5) is 4.45. The molecular formula is C15H19N3O3. The van der Waals surface area contributed by atoms with Gasteiger partial charge in [-0.3, -0.25) is 0 Å². The van der Waals surface area contributed by atoms with Crippen LogP contribution in [-0.4, -0.2) is 23.8 Å². The maximum Gasteiger partial charge on any atom is 0.269 e. The number of nitrogens with zero attached hydrogens (tertiary/aromatic N) is 2. The van der Waals surface area contributed by atoms with Crippen LogP contribution in [0.15, 0.2) is 28.8 Å². The Morgan fingerprint density at radius 2 is 2.24 bits per heavy atom. The molecule has 0 saturated carbocycles. The maximum absolute atomic E-state index is 5.91. The summed E-state index contributed by atoms with van der Waals surface area (Å²) in [6, 6.07) is 7.79. The predicted molar refractivity (Wildman–Crippen MR) is 77.3 cm³/mol. The summed E-state index contributed by atoms with van der Waals surface area (Å²) >= 11 is 0. The summed E-state index contributed by atoms with van der Waals surface area (Å²) in [7, 11) is 1.65. The van der Waals surface area contributed by atoms with Crippen LogP contribution in [0.2, 0.25) is 0 Å². The molecule has 0 spiro atoms. The number of benzene rings is 1. The van der Waals surface area contributed by atoms with Crippen molar-refractivity contribution in [3.05, 3.63) is 36.0 Å². The first kappa shape index (κ1) is 13.9. The van der Waals surface area contributed by atoms with Gasteiger partial charge in [0, 0.05) is 7.11 Å². The highest BCUT2D eigenvalue weighted by Crippen LogP contribution is 2.34. The van der Waals surface area contributed by atoms with Gasteiger partial charge >= 0.3 is 0 Å². The van der Waals surface area contributed by atoms with E-state index in [-0.39, 0.29) is 6.10 Å². The molecule has 1 aromatic carbocycles. The third-order valence-corrected chi connectivity index (χ3v) is 3.95. The van der Waals surface area contributed by atoms with Crippen molar-refractivity contribution in [2.45, 2.75) is 32.0 Å². The Bertz CT molecular complexity index is 622. The summed E-state index contributed by atoms with van der Waals surface area (Å²) in [6.07, 6.45) is 0.467. The number of ether oxygens (including phenoxy) is 2. The van der Waals surface area contributed by atoms with Crippen molar-refractivity contribution in [1.82, 2.24) is 10.1 Å². The van der Waals surface area contributed by atoms with Gasteiger partial charge in [-0.2, -0.15) is 4.98 Å². The minimum Gasteiger partial charge on any atom is -0.477 e. The smallest absolute Gasteiger partial charge is 0.269 e. The monoisotopic (exact) mass is 289 g/mol. The van der Waals surface area contributed by atoms with E-state index < -0.39 is 5.60 Å². The maximum atomic E-state index is 5.91. The molecule has 3 rings (SSSR count). The average molecular weight is 289 g/mol. The Kier molecular flexibility index (Phi) is 3.55. The Morgan fingerprint density at radius 1 is 1.43 bits per heavy atom. The third-order valence-electron chi connectivity index (χ3n) is 3.95. The van der Waals surface area contributed by atoms with Crippen LogP contribution in [-0.2, 0) is 10.3 Å². The molecule has 6 heteroatoms. The summed E-state index contributed by atoms with van der Waals surface area (Å²) < 4.78 is 16.8. The molecular weight excluding hydrogens is 270 g/mol. The van der Waals surface area contributed by atoms with E-state index >= 15 is 0 Å². The fourth-order valence-electron chi connectivity index (χ4n) is 2.23. The zero-order chi connectivity index (χ0) is 14.9. The van der Waals surface area contributed by atoms with Gasteiger partial charge in [-0.1, -0.05) is 24.2 Å². The van der Waals surface area contributed by atoms with Crippen LogP contribution in [0.3, 0.4) is 0 Å². The molecule has 1 aliphatic rings. The number of para-hydroxylation sites is 2. The Hall–Kier alpha value is -2.08. The highest BCUT2D eigenvalue weighted by Gasteiger charge is 2.33. The Morgan fingerprint density at radius 3 is 3.00 bits per heavy atom. The molecule has 0 bridgehead atoms. The Balaban J connectivity index is 1.82. The minimum atomic E-state index is -0.540. The first-order chi connectivity index (χ1) is 10.2. The molecule has 0 radical (unpaired) electrons. The van der Waals surface area contributed by atoms with E-state index in [4.69, 9.17) is 14.0 Å². The quantitative estimate of drug-likeness (QED) is 0.933. The number of anilines is 1. The Labute approximate surface area is 123 Å². The van der Waals surface area contributed by atoms with Crippen LogP contribution in [0.5, 0.6) is 5.75 Å². The molecule has 2 unspecified atom stereocenters. The second-order valence-electron chi connectivity index (χ2n) is 5.23. The van der Waals surface area contributed by atoms with Crippen molar-refractivity contribution in [2.24, 2.45) is 0 Å². The van der Waals surface area contributed by atoms with Gasteiger partial charge in [0.1, 0.15) is 11.4 Å². The molecule has 6 nitrogen and oxygen atoms in total. The predicted octanol–water partition coefficient (Wildman–Crippen LogP) is 2.89. The molecule has 1 aliphatic heterocycles. The lowest BCUT2D eigenvalue weighted by molar-refractivity contribution is -0.0106. The topological polar surface area (TPSA) is 69.4 Å². The molecule has 1 aromatic heterocycles. The van der Waals surface area contributed by atoms with E-state index in [0.29, 0.717) is 18.3 Å². The van der Waals surface area contributed by atoms with Crippen molar-refractivity contribution in [2.75, 3.05) is 19.0 Å². The largest absolute Gasteiger partial charge is 0.477 e. The lowest BCUT2D eigenvalue weighted by Crippen LogP contribution is -2.26. The number of hydrogen-bond acceptors (Lipinski definition) is 6. The van der Waals surface area contributed by atoms with Gasteiger partial charge < -0.3 is 19.3 Å². The van der Waals surface area contributed by atoms with E-state index in [1.165, 1.54) is 0 Å². The highest BCUT2D eigenvalue weighted by atomic mass is 16.5. The number of methoxy groups -OCH3 is 1. The van der Waals surface area contributed by atoms with Crippen LogP contribution >= 0.6 is 0 Å². The second kappa shape index (κ2) is 5.37. The van der Waals surface area contributed by atoms with Crippen molar-refractivity contribution in [3.63, 3.8) is 0 Å². The number of rotatable bonds is 4. The van der Waals surface area contributed by atoms with Gasteiger partial charge in [0.25, 0.3) is 5.89 Å². The van der Waals surface area contributed by atoms with Gasteiger partial charge in [-0.15, -0.1) is 0 Å². The van der Waals surface area contributed by atoms with Crippen LogP contribution in [0.25, 0.3) is 0 Å². The summed E-state index contributed by atoms with van der Waals surface area (Å²) in [5, 5.41) is 7.35. The fraction of sp³-hybridized carbons (Fsp3) is 0.467. The zero-order valence-corrected chi connectivity index (χ0v) is 12.4. The van der Waals surface area contributed by atoms with Crippen LogP contribution in [0, 0.1) is 0 Å². The summed E-state index contributed by atoms with van der Waals surface area (Å²) in [5.74, 6) is 1.80. The molecule has 0 fully saturated rings. The first-order valence-corrected chi connectivity index (χ1v) is 7.05. The molecule has 2 aromatic rings. The van der Waals surface area contributed by atoms with Crippen molar-refractivity contribution in [1.29, 1.82) is 0 Å². The SMILES string of the molecule is CCC(C)(OC)c1noc(C2CNc3ccccc3O2)n1. The number of hydrogen-bond donors (Lipinski definition) is 1. The molecule has 2 heterocycles. The van der Waals surface area contributed by atoms with Gasteiger partial charge in [0.2, 0.25) is 5.82 Å². The van der Waals surface area contributed by atoms with Gasteiger partial charge in [-0.05, 0) is 25.5 Å². The van der Waals surface area contributed by atoms with Crippen LogP contribution < -0.4 is 10.1 Å². The van der Waals surface area contributed by atoms with Crippen molar-refractivity contribution in [3.8, 4) is 5.75 Å². The second-order valence-corrected chi connectivity index (χ2v) is 5.23. The lowest BCUT2D eigenvalue weighted by Gasteiger charge is -2.25. The van der Waals surface area contributed by atoms with E-state index in [0.717, 1.165) is 17.9 Å². The molecule has 0 aliphatic carbocycles. The lowest BCUT2D eigenvalue weighted by atomic mass is 10.0. The van der Waals surface area contributed by atoms with Crippen molar-refractivity contribution < 1.29 is 14.0 Å². The summed E-state index contributed by atoms with van der Waals surface area (Å²) in [6.45, 7) is 4.56. The molecule has 21 heavy (non-hydrogen) atoms. The zero-order valence-electron chi connectivity index (χ0n) is 12.4. The highest BCUT2D eigenvalue weighted by molar-refractivity contribution is 5.57. The normalized spacial score (nSPS) is 20.0. The molecule has 1 N–H and O–H groups in total. The molecule has 112 valence electrons.